The number of aromatic nitrogens is 1. The number of hydrogen-bond donors (Lipinski definition) is 1. The molecule has 1 heterocycles. The predicted octanol–water partition coefficient (Wildman–Crippen LogP) is 3.29. The molecule has 21 heavy (non-hydrogen) atoms. The van der Waals surface area contributed by atoms with E-state index in [1.807, 2.05) is 0 Å². The van der Waals surface area contributed by atoms with E-state index in [1.54, 1.807) is 24.3 Å². The van der Waals surface area contributed by atoms with Crippen molar-refractivity contribution in [2.45, 2.75) is 12.3 Å². The van der Waals surface area contributed by atoms with Crippen LogP contribution in [0.2, 0.25) is 5.02 Å². The molecule has 0 aliphatic heterocycles. The average molecular weight is 310 g/mol. The Labute approximate surface area is 126 Å². The molecule has 0 bridgehead atoms. The number of pyridine rings is 1. The molecule has 0 saturated carbocycles. The molecular weight excluding hydrogens is 297 g/mol. The minimum atomic E-state index is -1.15. The molecule has 0 aliphatic rings. The summed E-state index contributed by atoms with van der Waals surface area (Å²) in [5, 5.41) is 9.46. The van der Waals surface area contributed by atoms with Crippen LogP contribution >= 0.6 is 11.6 Å². The maximum absolute atomic E-state index is 13.9. The fourth-order valence-electron chi connectivity index (χ4n) is 2.02. The standard InChI is InChI=1S/C15H13ClFNO3/c1-21-11-4-2-3-9(5-11)6-12(15(19)20)14-13(17)7-10(16)8-18-14/h2-5,7-8,12H,6H2,1H3,(H,19,20). The normalized spacial score (nSPS) is 12.0. The summed E-state index contributed by atoms with van der Waals surface area (Å²) in [6.07, 6.45) is 1.35. The third-order valence-electron chi connectivity index (χ3n) is 3.04. The Bertz CT molecular complexity index is 663. The Hall–Kier alpha value is -2.14. The van der Waals surface area contributed by atoms with Gasteiger partial charge in [-0.3, -0.25) is 9.78 Å². The van der Waals surface area contributed by atoms with Gasteiger partial charge in [0.05, 0.1) is 17.8 Å². The van der Waals surface area contributed by atoms with Gasteiger partial charge in [-0.25, -0.2) is 4.39 Å². The minimum absolute atomic E-state index is 0.109. The van der Waals surface area contributed by atoms with Gasteiger partial charge in [-0.15, -0.1) is 0 Å². The van der Waals surface area contributed by atoms with E-state index in [0.717, 1.165) is 11.6 Å². The summed E-state index contributed by atoms with van der Waals surface area (Å²) in [5.41, 5.74) is 0.590. The van der Waals surface area contributed by atoms with Crippen molar-refractivity contribution in [3.8, 4) is 5.75 Å². The molecule has 1 atom stereocenters. The second-order valence-electron chi connectivity index (χ2n) is 4.47. The van der Waals surface area contributed by atoms with Crippen LogP contribution in [-0.2, 0) is 11.2 Å². The molecule has 2 aromatic rings. The van der Waals surface area contributed by atoms with Crippen molar-refractivity contribution in [3.05, 3.63) is 58.6 Å². The highest BCUT2D eigenvalue weighted by atomic mass is 35.5. The van der Waals surface area contributed by atoms with Gasteiger partial charge in [-0.1, -0.05) is 23.7 Å². The molecule has 6 heteroatoms. The fraction of sp³-hybridized carbons (Fsp3) is 0.200. The lowest BCUT2D eigenvalue weighted by Crippen LogP contribution is -2.17. The maximum atomic E-state index is 13.9. The summed E-state index contributed by atoms with van der Waals surface area (Å²) in [6, 6.07) is 8.03. The topological polar surface area (TPSA) is 59.4 Å². The van der Waals surface area contributed by atoms with Gasteiger partial charge >= 0.3 is 5.97 Å². The van der Waals surface area contributed by atoms with Crippen molar-refractivity contribution in [1.82, 2.24) is 4.98 Å². The van der Waals surface area contributed by atoms with Crippen LogP contribution in [0.25, 0.3) is 0 Å². The first-order chi connectivity index (χ1) is 10.0. The number of halogens is 2. The molecule has 0 aliphatic carbocycles. The molecule has 0 radical (unpaired) electrons. The van der Waals surface area contributed by atoms with E-state index in [1.165, 1.54) is 13.3 Å². The van der Waals surface area contributed by atoms with Crippen molar-refractivity contribution in [3.63, 3.8) is 0 Å². The third kappa shape index (κ3) is 3.70. The van der Waals surface area contributed by atoms with Crippen LogP contribution in [0.3, 0.4) is 0 Å². The van der Waals surface area contributed by atoms with Gasteiger partial charge in [0.2, 0.25) is 0 Å². The number of aliphatic carboxylic acids is 1. The van der Waals surface area contributed by atoms with Crippen molar-refractivity contribution in [2.75, 3.05) is 7.11 Å². The van der Waals surface area contributed by atoms with E-state index in [9.17, 15) is 14.3 Å². The smallest absolute Gasteiger partial charge is 0.313 e. The second-order valence-corrected chi connectivity index (χ2v) is 4.90. The monoisotopic (exact) mass is 309 g/mol. The van der Waals surface area contributed by atoms with Gasteiger partial charge in [0.15, 0.2) is 0 Å². The highest BCUT2D eigenvalue weighted by Gasteiger charge is 2.25. The maximum Gasteiger partial charge on any atom is 0.313 e. The Morgan fingerprint density at radius 2 is 2.24 bits per heavy atom. The molecule has 1 unspecified atom stereocenters. The van der Waals surface area contributed by atoms with Gasteiger partial charge in [0.1, 0.15) is 17.5 Å². The average Bonchev–Trinajstić information content (AvgIpc) is 2.45. The fourth-order valence-corrected chi connectivity index (χ4v) is 2.16. The Morgan fingerprint density at radius 1 is 1.48 bits per heavy atom. The molecule has 0 fully saturated rings. The van der Waals surface area contributed by atoms with E-state index in [0.29, 0.717) is 5.75 Å². The number of carboxylic acids is 1. The zero-order valence-corrected chi connectivity index (χ0v) is 12.0. The molecular formula is C15H13ClFNO3. The molecule has 2 rings (SSSR count). The van der Waals surface area contributed by atoms with Crippen molar-refractivity contribution < 1.29 is 19.0 Å². The molecule has 4 nitrogen and oxygen atoms in total. The summed E-state index contributed by atoms with van der Waals surface area (Å²) in [5.74, 6) is -2.35. The Morgan fingerprint density at radius 3 is 2.86 bits per heavy atom. The van der Waals surface area contributed by atoms with Crippen LogP contribution in [0.4, 0.5) is 4.39 Å². The molecule has 1 N–H and O–H groups in total. The lowest BCUT2D eigenvalue weighted by atomic mass is 9.95. The summed E-state index contributed by atoms with van der Waals surface area (Å²) in [4.78, 5) is 15.2. The third-order valence-corrected chi connectivity index (χ3v) is 3.25. The Kier molecular flexibility index (Phi) is 4.75. The first-order valence-electron chi connectivity index (χ1n) is 6.18. The predicted molar refractivity (Wildman–Crippen MR) is 76.3 cm³/mol. The quantitative estimate of drug-likeness (QED) is 0.920. The van der Waals surface area contributed by atoms with Crippen LogP contribution in [0.5, 0.6) is 5.75 Å². The molecule has 0 spiro atoms. The van der Waals surface area contributed by atoms with Gasteiger partial charge in [0.25, 0.3) is 0 Å². The molecule has 1 aromatic carbocycles. The Balaban J connectivity index is 2.33. The zero-order chi connectivity index (χ0) is 15.4. The number of carboxylic acid groups (broad SMARTS) is 1. The number of methoxy groups -OCH3 is 1. The van der Waals surface area contributed by atoms with E-state index in [2.05, 4.69) is 4.98 Å². The number of ether oxygens (including phenoxy) is 1. The minimum Gasteiger partial charge on any atom is -0.497 e. The SMILES string of the molecule is COc1cccc(CC(C(=O)O)c2ncc(Cl)cc2F)c1. The van der Waals surface area contributed by atoms with E-state index >= 15 is 0 Å². The summed E-state index contributed by atoms with van der Waals surface area (Å²) < 4.78 is 19.0. The zero-order valence-electron chi connectivity index (χ0n) is 11.2. The first-order valence-corrected chi connectivity index (χ1v) is 6.55. The van der Waals surface area contributed by atoms with Crippen molar-refractivity contribution >= 4 is 17.6 Å². The molecule has 0 saturated heterocycles. The second kappa shape index (κ2) is 6.54. The first kappa shape index (κ1) is 15.3. The van der Waals surface area contributed by atoms with Crippen LogP contribution < -0.4 is 4.74 Å². The van der Waals surface area contributed by atoms with Crippen LogP contribution in [-0.4, -0.2) is 23.2 Å². The van der Waals surface area contributed by atoms with Crippen molar-refractivity contribution in [1.29, 1.82) is 0 Å². The molecule has 110 valence electrons. The lowest BCUT2D eigenvalue weighted by molar-refractivity contribution is -0.138. The molecule has 1 aromatic heterocycles. The number of rotatable bonds is 5. The van der Waals surface area contributed by atoms with Crippen molar-refractivity contribution in [2.24, 2.45) is 0 Å². The van der Waals surface area contributed by atoms with E-state index in [4.69, 9.17) is 16.3 Å². The number of nitrogens with zero attached hydrogens (tertiary/aromatic N) is 1. The summed E-state index contributed by atoms with van der Waals surface area (Å²) in [6.45, 7) is 0. The summed E-state index contributed by atoms with van der Waals surface area (Å²) >= 11 is 5.63. The summed E-state index contributed by atoms with van der Waals surface area (Å²) in [7, 11) is 1.52. The number of carbonyl (C=O) groups is 1. The van der Waals surface area contributed by atoms with E-state index < -0.39 is 17.7 Å². The van der Waals surface area contributed by atoms with Crippen LogP contribution in [0, 0.1) is 5.82 Å². The van der Waals surface area contributed by atoms with Crippen LogP contribution in [0.1, 0.15) is 17.2 Å². The van der Waals surface area contributed by atoms with Gasteiger partial charge in [-0.2, -0.15) is 0 Å². The van der Waals surface area contributed by atoms with Gasteiger partial charge in [0, 0.05) is 6.20 Å². The lowest BCUT2D eigenvalue weighted by Gasteiger charge is -2.13. The highest BCUT2D eigenvalue weighted by molar-refractivity contribution is 6.30. The number of hydrogen-bond acceptors (Lipinski definition) is 3. The van der Waals surface area contributed by atoms with Gasteiger partial charge in [-0.05, 0) is 30.2 Å². The highest BCUT2D eigenvalue weighted by Crippen LogP contribution is 2.25. The molecule has 0 amide bonds. The van der Waals surface area contributed by atoms with Crippen LogP contribution in [0.15, 0.2) is 36.5 Å². The van der Waals surface area contributed by atoms with E-state index in [-0.39, 0.29) is 17.1 Å². The van der Waals surface area contributed by atoms with Gasteiger partial charge < -0.3 is 9.84 Å². The number of benzene rings is 1. The largest absolute Gasteiger partial charge is 0.497 e.